The smallest absolute Gasteiger partial charge is 0.224 e. The van der Waals surface area contributed by atoms with Gasteiger partial charge in [-0.05, 0) is 25.7 Å². The molecule has 2 aliphatic rings. The largest absolute Gasteiger partial charge is 0.348 e. The summed E-state index contributed by atoms with van der Waals surface area (Å²) in [6, 6.07) is 0. The molecule has 0 bridgehead atoms. The highest BCUT2D eigenvalue weighted by molar-refractivity contribution is 7.80. The van der Waals surface area contributed by atoms with Crippen LogP contribution in [0.25, 0.3) is 0 Å². The molecule has 2 saturated heterocycles. The number of carbonyl (C=O) groups excluding carboxylic acids is 1. The van der Waals surface area contributed by atoms with Crippen molar-refractivity contribution >= 4 is 23.1 Å². The zero-order valence-corrected chi connectivity index (χ0v) is 9.89. The zero-order valence-electron chi connectivity index (χ0n) is 9.07. The molecule has 0 saturated carbocycles. The normalized spacial score (nSPS) is 23.5. The monoisotopic (exact) mass is 226 g/mol. The summed E-state index contributed by atoms with van der Waals surface area (Å²) in [5.74, 6) is 0.294. The molecule has 1 amide bonds. The number of rotatable bonds is 2. The molecule has 0 aromatic heterocycles. The van der Waals surface area contributed by atoms with E-state index in [-0.39, 0.29) is 0 Å². The molecule has 2 rings (SSSR count). The van der Waals surface area contributed by atoms with Crippen molar-refractivity contribution in [3.63, 3.8) is 0 Å². The lowest BCUT2D eigenvalue weighted by atomic mass is 10.2. The summed E-state index contributed by atoms with van der Waals surface area (Å²) in [6.45, 7) is 2.68. The van der Waals surface area contributed by atoms with Crippen LogP contribution in [0.15, 0.2) is 0 Å². The highest BCUT2D eigenvalue weighted by atomic mass is 32.1. The summed E-state index contributed by atoms with van der Waals surface area (Å²) >= 11 is 5.37. The summed E-state index contributed by atoms with van der Waals surface area (Å²) in [6.07, 6.45) is 6.45. The number of carbonyl (C=O) groups is 1. The zero-order chi connectivity index (χ0) is 10.7. The number of nitrogens with zero attached hydrogens (tertiary/aromatic N) is 2. The van der Waals surface area contributed by atoms with Gasteiger partial charge in [0.15, 0.2) is 0 Å². The van der Waals surface area contributed by atoms with E-state index in [4.69, 9.17) is 12.2 Å². The number of hydrogen-bond acceptors (Lipinski definition) is 2. The first-order valence-electron chi connectivity index (χ1n) is 5.83. The van der Waals surface area contributed by atoms with Gasteiger partial charge in [-0.1, -0.05) is 18.6 Å². The van der Waals surface area contributed by atoms with E-state index in [0.29, 0.717) is 5.91 Å². The highest BCUT2D eigenvalue weighted by Gasteiger charge is 2.23. The quantitative estimate of drug-likeness (QED) is 0.670. The fourth-order valence-electron chi connectivity index (χ4n) is 2.25. The highest BCUT2D eigenvalue weighted by Crippen LogP contribution is 2.16. The molecule has 15 heavy (non-hydrogen) atoms. The van der Waals surface area contributed by atoms with Crippen molar-refractivity contribution in [1.82, 2.24) is 9.80 Å². The molecule has 0 spiro atoms. The molecule has 2 heterocycles. The third kappa shape index (κ3) is 2.68. The van der Waals surface area contributed by atoms with Crippen LogP contribution in [-0.2, 0) is 4.79 Å². The van der Waals surface area contributed by atoms with Crippen molar-refractivity contribution in [1.29, 1.82) is 0 Å². The van der Waals surface area contributed by atoms with E-state index in [9.17, 15) is 4.79 Å². The average molecular weight is 226 g/mol. The second-order valence-corrected chi connectivity index (χ2v) is 4.84. The van der Waals surface area contributed by atoms with Crippen LogP contribution in [0.4, 0.5) is 0 Å². The van der Waals surface area contributed by atoms with E-state index < -0.39 is 0 Å². The Morgan fingerprint density at radius 1 is 1.00 bits per heavy atom. The molecule has 3 nitrogen and oxygen atoms in total. The van der Waals surface area contributed by atoms with Crippen molar-refractivity contribution in [2.75, 3.05) is 19.8 Å². The predicted octanol–water partition coefficient (Wildman–Crippen LogP) is 1.77. The minimum absolute atomic E-state index is 0.294. The molecule has 0 atom stereocenters. The lowest BCUT2D eigenvalue weighted by Gasteiger charge is -2.28. The van der Waals surface area contributed by atoms with Crippen LogP contribution in [-0.4, -0.2) is 40.5 Å². The van der Waals surface area contributed by atoms with Gasteiger partial charge in [0.2, 0.25) is 5.91 Å². The second-order valence-electron chi connectivity index (χ2n) is 4.37. The SMILES string of the molecule is O=C1CCCN1CN1CCCCCC1=S. The van der Waals surface area contributed by atoms with Crippen LogP contribution >= 0.6 is 12.2 Å². The molecule has 4 heteroatoms. The van der Waals surface area contributed by atoms with Crippen LogP contribution in [0.5, 0.6) is 0 Å². The summed E-state index contributed by atoms with van der Waals surface area (Å²) < 4.78 is 0. The minimum Gasteiger partial charge on any atom is -0.348 e. The summed E-state index contributed by atoms with van der Waals surface area (Å²) in [5, 5.41) is 0. The molecule has 0 radical (unpaired) electrons. The Morgan fingerprint density at radius 2 is 1.80 bits per heavy atom. The van der Waals surface area contributed by atoms with E-state index in [2.05, 4.69) is 4.90 Å². The molecule has 0 aromatic rings. The van der Waals surface area contributed by atoms with E-state index in [1.807, 2.05) is 4.90 Å². The average Bonchev–Trinajstić information content (AvgIpc) is 2.50. The lowest BCUT2D eigenvalue weighted by molar-refractivity contribution is -0.128. The van der Waals surface area contributed by atoms with E-state index in [1.165, 1.54) is 19.3 Å². The van der Waals surface area contributed by atoms with E-state index in [0.717, 1.165) is 44.0 Å². The topological polar surface area (TPSA) is 23.6 Å². The minimum atomic E-state index is 0.294. The van der Waals surface area contributed by atoms with Crippen LogP contribution in [0.1, 0.15) is 38.5 Å². The van der Waals surface area contributed by atoms with Gasteiger partial charge in [0.25, 0.3) is 0 Å². The maximum absolute atomic E-state index is 11.5. The fraction of sp³-hybridized carbons (Fsp3) is 0.818. The van der Waals surface area contributed by atoms with Crippen LogP contribution in [0, 0.1) is 0 Å². The van der Waals surface area contributed by atoms with E-state index in [1.54, 1.807) is 0 Å². The van der Waals surface area contributed by atoms with Crippen molar-refractivity contribution in [2.45, 2.75) is 38.5 Å². The van der Waals surface area contributed by atoms with Gasteiger partial charge in [0, 0.05) is 19.5 Å². The van der Waals surface area contributed by atoms with Crippen LogP contribution in [0.2, 0.25) is 0 Å². The molecule has 0 N–H and O–H groups in total. The van der Waals surface area contributed by atoms with Crippen molar-refractivity contribution in [3.8, 4) is 0 Å². The third-order valence-electron chi connectivity index (χ3n) is 3.18. The Hall–Kier alpha value is -0.640. The first kappa shape index (κ1) is 10.9. The standard InChI is InChI=1S/C11H18N2OS/c14-10-5-4-8-12(10)9-13-7-3-1-2-6-11(13)15/h1-9H2. The fourth-order valence-corrected chi connectivity index (χ4v) is 2.54. The number of hydrogen-bond donors (Lipinski definition) is 0. The van der Waals surface area contributed by atoms with Gasteiger partial charge in [-0.2, -0.15) is 0 Å². The molecule has 84 valence electrons. The Kier molecular flexibility index (Phi) is 3.57. The molecule has 2 aliphatic heterocycles. The van der Waals surface area contributed by atoms with Gasteiger partial charge in [-0.15, -0.1) is 0 Å². The lowest BCUT2D eigenvalue weighted by Crippen LogP contribution is -2.41. The maximum atomic E-state index is 11.5. The van der Waals surface area contributed by atoms with Crippen molar-refractivity contribution < 1.29 is 4.79 Å². The van der Waals surface area contributed by atoms with Crippen molar-refractivity contribution in [3.05, 3.63) is 0 Å². The van der Waals surface area contributed by atoms with Gasteiger partial charge in [0.05, 0.1) is 11.7 Å². The van der Waals surface area contributed by atoms with Gasteiger partial charge in [0.1, 0.15) is 0 Å². The van der Waals surface area contributed by atoms with Crippen LogP contribution in [0.3, 0.4) is 0 Å². The molecular weight excluding hydrogens is 208 g/mol. The third-order valence-corrected chi connectivity index (χ3v) is 3.65. The predicted molar refractivity (Wildman–Crippen MR) is 63.6 cm³/mol. The van der Waals surface area contributed by atoms with Gasteiger partial charge in [-0.3, -0.25) is 4.79 Å². The molecule has 0 aromatic carbocycles. The van der Waals surface area contributed by atoms with Crippen LogP contribution < -0.4 is 0 Å². The Balaban J connectivity index is 1.91. The van der Waals surface area contributed by atoms with Crippen molar-refractivity contribution in [2.24, 2.45) is 0 Å². The Labute approximate surface area is 96.4 Å². The van der Waals surface area contributed by atoms with Gasteiger partial charge in [-0.25, -0.2) is 0 Å². The summed E-state index contributed by atoms with van der Waals surface area (Å²) in [7, 11) is 0. The van der Waals surface area contributed by atoms with Gasteiger partial charge < -0.3 is 9.80 Å². The number of thiocarbonyl (C=S) groups is 1. The number of amides is 1. The molecule has 0 unspecified atom stereocenters. The molecular formula is C11H18N2OS. The summed E-state index contributed by atoms with van der Waals surface area (Å²) in [5.41, 5.74) is 0. The Bertz CT molecular complexity index is 267. The second kappa shape index (κ2) is 4.92. The number of likely N-dealkylation sites (tertiary alicyclic amines) is 2. The Morgan fingerprint density at radius 3 is 2.53 bits per heavy atom. The molecule has 2 fully saturated rings. The maximum Gasteiger partial charge on any atom is 0.224 e. The van der Waals surface area contributed by atoms with E-state index >= 15 is 0 Å². The van der Waals surface area contributed by atoms with Gasteiger partial charge >= 0.3 is 0 Å². The summed E-state index contributed by atoms with van der Waals surface area (Å²) in [4.78, 5) is 16.7. The first-order chi connectivity index (χ1) is 7.27. The molecule has 0 aliphatic carbocycles. The first-order valence-corrected chi connectivity index (χ1v) is 6.24.